The number of hydrogen-bond acceptors (Lipinski definition) is 5. The molecule has 1 saturated carbocycles. The number of hydrogen-bond donors (Lipinski definition) is 2. The van der Waals surface area contributed by atoms with Crippen molar-refractivity contribution in [3.63, 3.8) is 0 Å². The smallest absolute Gasteiger partial charge is 0.336 e. The lowest BCUT2D eigenvalue weighted by Crippen LogP contribution is -2.37. The Bertz CT molecular complexity index is 1340. The highest BCUT2D eigenvalue weighted by atomic mass is 16.4. The van der Waals surface area contributed by atoms with Crippen molar-refractivity contribution in [3.8, 4) is 0 Å². The Morgan fingerprint density at radius 2 is 1.37 bits per heavy atom. The summed E-state index contributed by atoms with van der Waals surface area (Å²) >= 11 is 0. The van der Waals surface area contributed by atoms with Gasteiger partial charge in [-0.25, -0.2) is 4.79 Å². The third kappa shape index (κ3) is 5.87. The highest BCUT2D eigenvalue weighted by molar-refractivity contribution is 6.06. The third-order valence-electron chi connectivity index (χ3n) is 6.38. The van der Waals surface area contributed by atoms with E-state index < -0.39 is 5.97 Å². The number of nitrogens with zero attached hydrogens (tertiary/aromatic N) is 2. The molecule has 1 amide bonds. The maximum Gasteiger partial charge on any atom is 0.336 e. The van der Waals surface area contributed by atoms with E-state index in [4.69, 9.17) is 5.11 Å². The fourth-order valence-corrected chi connectivity index (χ4v) is 4.52. The van der Waals surface area contributed by atoms with Crippen LogP contribution in [-0.4, -0.2) is 39.3 Å². The van der Waals surface area contributed by atoms with Crippen LogP contribution in [0.2, 0.25) is 0 Å². The molecule has 1 fully saturated rings. The Morgan fingerprint density at radius 1 is 0.829 bits per heavy atom. The Labute approximate surface area is 203 Å². The number of benzene rings is 2. The molecule has 2 N–H and O–H groups in total. The van der Waals surface area contributed by atoms with E-state index in [0.717, 1.165) is 42.9 Å². The number of rotatable bonds is 5. The monoisotopic (exact) mass is 469 g/mol. The SMILES string of the molecule is O=C(O)c1ccnc2ccccc12.O=CCC1CCC(NC(=O)c2ccnc3ccccc23)CC1. The summed E-state index contributed by atoms with van der Waals surface area (Å²) in [7, 11) is 0. The fourth-order valence-electron chi connectivity index (χ4n) is 4.52. The molecule has 0 aliphatic heterocycles. The summed E-state index contributed by atoms with van der Waals surface area (Å²) in [6.07, 6.45) is 8.77. The van der Waals surface area contributed by atoms with Gasteiger partial charge < -0.3 is 15.2 Å². The summed E-state index contributed by atoms with van der Waals surface area (Å²) < 4.78 is 0. The van der Waals surface area contributed by atoms with E-state index in [2.05, 4.69) is 15.3 Å². The van der Waals surface area contributed by atoms with Gasteiger partial charge in [0.1, 0.15) is 6.29 Å². The van der Waals surface area contributed by atoms with Gasteiger partial charge in [-0.15, -0.1) is 0 Å². The molecule has 0 saturated heterocycles. The molecule has 4 aromatic rings. The fraction of sp³-hybridized carbons (Fsp3) is 0.250. The molecule has 178 valence electrons. The summed E-state index contributed by atoms with van der Waals surface area (Å²) in [6.45, 7) is 0. The van der Waals surface area contributed by atoms with E-state index >= 15 is 0 Å². The van der Waals surface area contributed by atoms with Gasteiger partial charge in [0.15, 0.2) is 0 Å². The summed E-state index contributed by atoms with van der Waals surface area (Å²) in [4.78, 5) is 42.2. The first-order valence-electron chi connectivity index (χ1n) is 11.7. The summed E-state index contributed by atoms with van der Waals surface area (Å²) in [5.74, 6) is -0.455. The number of carbonyl (C=O) groups excluding carboxylic acids is 2. The number of carbonyl (C=O) groups is 3. The van der Waals surface area contributed by atoms with E-state index in [-0.39, 0.29) is 11.9 Å². The van der Waals surface area contributed by atoms with Crippen molar-refractivity contribution < 1.29 is 19.5 Å². The minimum atomic E-state index is -0.918. The second-order valence-corrected chi connectivity index (χ2v) is 8.65. The zero-order valence-corrected chi connectivity index (χ0v) is 19.3. The maximum absolute atomic E-state index is 12.5. The number of fused-ring (bicyclic) bond motifs is 2. The number of aldehydes is 1. The Balaban J connectivity index is 0.000000189. The average Bonchev–Trinajstić information content (AvgIpc) is 2.89. The zero-order chi connectivity index (χ0) is 24.6. The first kappa shape index (κ1) is 24.0. The lowest BCUT2D eigenvalue weighted by molar-refractivity contribution is -0.108. The third-order valence-corrected chi connectivity index (χ3v) is 6.38. The molecule has 0 unspecified atom stereocenters. The minimum Gasteiger partial charge on any atom is -0.478 e. The van der Waals surface area contributed by atoms with E-state index in [1.54, 1.807) is 30.5 Å². The number of pyridine rings is 2. The summed E-state index contributed by atoms with van der Waals surface area (Å²) in [5, 5.41) is 13.6. The summed E-state index contributed by atoms with van der Waals surface area (Å²) in [5.41, 5.74) is 2.53. The van der Waals surface area contributed by atoms with Crippen molar-refractivity contribution in [2.24, 2.45) is 5.92 Å². The van der Waals surface area contributed by atoms with Crippen LogP contribution in [0, 0.1) is 5.92 Å². The second kappa shape index (κ2) is 11.3. The number of amides is 1. The Morgan fingerprint density at radius 3 is 1.94 bits per heavy atom. The largest absolute Gasteiger partial charge is 0.478 e. The van der Waals surface area contributed by atoms with E-state index in [0.29, 0.717) is 34.4 Å². The topological polar surface area (TPSA) is 109 Å². The highest BCUT2D eigenvalue weighted by Crippen LogP contribution is 2.26. The van der Waals surface area contributed by atoms with Crippen LogP contribution in [0.3, 0.4) is 0 Å². The van der Waals surface area contributed by atoms with E-state index in [1.165, 1.54) is 12.3 Å². The molecular formula is C28H27N3O4. The van der Waals surface area contributed by atoms with Gasteiger partial charge in [-0.05, 0) is 55.9 Å². The van der Waals surface area contributed by atoms with Crippen LogP contribution in [-0.2, 0) is 4.79 Å². The molecule has 2 aromatic carbocycles. The highest BCUT2D eigenvalue weighted by Gasteiger charge is 2.23. The summed E-state index contributed by atoms with van der Waals surface area (Å²) in [6, 6.07) is 18.4. The molecule has 0 spiro atoms. The predicted octanol–water partition coefficient (Wildman–Crippen LogP) is 5.05. The standard InChI is InChI=1S/C18H20N2O2.C10H7NO2/c21-12-10-13-5-7-14(8-6-13)20-18(22)16-9-11-19-17-4-2-1-3-15(16)17;12-10(13)8-5-6-11-9-4-2-1-3-7(8)9/h1-4,9,11-14H,5-8,10H2,(H,20,22);1-6H,(H,12,13). The van der Waals surface area contributed by atoms with Crippen LogP contribution < -0.4 is 5.32 Å². The van der Waals surface area contributed by atoms with Gasteiger partial charge in [-0.3, -0.25) is 14.8 Å². The molecule has 7 nitrogen and oxygen atoms in total. The van der Waals surface area contributed by atoms with Gasteiger partial charge in [0.25, 0.3) is 5.91 Å². The van der Waals surface area contributed by atoms with Crippen molar-refractivity contribution in [2.75, 3.05) is 0 Å². The van der Waals surface area contributed by atoms with E-state index in [1.807, 2.05) is 30.3 Å². The lowest BCUT2D eigenvalue weighted by Gasteiger charge is -2.28. The van der Waals surface area contributed by atoms with Crippen LogP contribution in [0.15, 0.2) is 73.1 Å². The number of carboxylic acids is 1. The lowest BCUT2D eigenvalue weighted by atomic mass is 9.84. The van der Waals surface area contributed by atoms with E-state index in [9.17, 15) is 14.4 Å². The zero-order valence-electron chi connectivity index (χ0n) is 19.3. The van der Waals surface area contributed by atoms with Gasteiger partial charge in [-0.1, -0.05) is 36.4 Å². The second-order valence-electron chi connectivity index (χ2n) is 8.65. The van der Waals surface area contributed by atoms with Crippen molar-refractivity contribution in [1.82, 2.24) is 15.3 Å². The first-order valence-corrected chi connectivity index (χ1v) is 11.7. The van der Waals surface area contributed by atoms with Crippen molar-refractivity contribution in [2.45, 2.75) is 38.1 Å². The van der Waals surface area contributed by atoms with Gasteiger partial charge in [0.05, 0.1) is 22.2 Å². The number of nitrogens with one attached hydrogen (secondary N) is 1. The molecule has 0 atom stereocenters. The molecule has 2 heterocycles. The van der Waals surface area contributed by atoms with Crippen LogP contribution >= 0.6 is 0 Å². The van der Waals surface area contributed by atoms with Crippen LogP contribution in [0.5, 0.6) is 0 Å². The van der Waals surface area contributed by atoms with Crippen molar-refractivity contribution in [3.05, 3.63) is 84.2 Å². The molecule has 7 heteroatoms. The van der Waals surface area contributed by atoms with Crippen molar-refractivity contribution >= 4 is 40.0 Å². The van der Waals surface area contributed by atoms with Gasteiger partial charge in [0.2, 0.25) is 0 Å². The average molecular weight is 470 g/mol. The van der Waals surface area contributed by atoms with Crippen molar-refractivity contribution in [1.29, 1.82) is 0 Å². The van der Waals surface area contributed by atoms with Crippen LogP contribution in [0.4, 0.5) is 0 Å². The molecule has 0 bridgehead atoms. The van der Waals surface area contributed by atoms with Gasteiger partial charge in [-0.2, -0.15) is 0 Å². The number of aromatic nitrogens is 2. The minimum absolute atomic E-state index is 0.0302. The molecule has 5 rings (SSSR count). The Hall–Kier alpha value is -4.13. The predicted molar refractivity (Wildman–Crippen MR) is 134 cm³/mol. The number of para-hydroxylation sites is 2. The molecule has 35 heavy (non-hydrogen) atoms. The molecule has 1 aliphatic carbocycles. The molecule has 0 radical (unpaired) electrons. The molecule has 1 aliphatic rings. The number of carboxylic acid groups (broad SMARTS) is 1. The maximum atomic E-state index is 12.5. The van der Waals surface area contributed by atoms with Crippen LogP contribution in [0.1, 0.15) is 52.8 Å². The number of aromatic carboxylic acids is 1. The van der Waals surface area contributed by atoms with Crippen LogP contribution in [0.25, 0.3) is 21.8 Å². The first-order chi connectivity index (χ1) is 17.1. The Kier molecular flexibility index (Phi) is 7.77. The van der Waals surface area contributed by atoms with Gasteiger partial charge in [0, 0.05) is 35.6 Å². The van der Waals surface area contributed by atoms with Gasteiger partial charge >= 0.3 is 5.97 Å². The quantitative estimate of drug-likeness (QED) is 0.396. The normalized spacial score (nSPS) is 17.3. The molecule has 2 aromatic heterocycles. The molecular weight excluding hydrogens is 442 g/mol.